The zero-order chi connectivity index (χ0) is 15.9. The highest BCUT2D eigenvalue weighted by molar-refractivity contribution is 6.08. The van der Waals surface area contributed by atoms with E-state index in [1.807, 2.05) is 42.5 Å². The Balaban J connectivity index is 1.73. The molecular weight excluding hydrogens is 288 g/mol. The number of ketones is 1. The molecule has 0 bridgehead atoms. The number of carbonyl (C=O) groups is 1. The van der Waals surface area contributed by atoms with Gasteiger partial charge >= 0.3 is 0 Å². The lowest BCUT2D eigenvalue weighted by Crippen LogP contribution is -2.02. The van der Waals surface area contributed by atoms with Crippen LogP contribution in [-0.4, -0.2) is 5.78 Å². The van der Waals surface area contributed by atoms with Gasteiger partial charge in [0.15, 0.2) is 5.78 Å². The van der Waals surface area contributed by atoms with E-state index in [9.17, 15) is 4.79 Å². The molecule has 0 aliphatic heterocycles. The Kier molecular flexibility index (Phi) is 4.69. The van der Waals surface area contributed by atoms with E-state index in [0.29, 0.717) is 23.7 Å². The van der Waals surface area contributed by atoms with Crippen LogP contribution in [0, 0.1) is 0 Å². The van der Waals surface area contributed by atoms with Crippen molar-refractivity contribution >= 4 is 11.9 Å². The molecule has 0 atom stereocenters. The highest BCUT2D eigenvalue weighted by atomic mass is 16.5. The molecule has 114 valence electrons. The van der Waals surface area contributed by atoms with Gasteiger partial charge in [0.1, 0.15) is 18.1 Å². The number of furan rings is 1. The van der Waals surface area contributed by atoms with E-state index in [4.69, 9.17) is 9.15 Å². The van der Waals surface area contributed by atoms with Gasteiger partial charge in [0.05, 0.1) is 11.8 Å². The van der Waals surface area contributed by atoms with Crippen molar-refractivity contribution in [3.63, 3.8) is 0 Å². The first-order valence-corrected chi connectivity index (χ1v) is 7.34. The zero-order valence-electron chi connectivity index (χ0n) is 12.5. The summed E-state index contributed by atoms with van der Waals surface area (Å²) in [6.45, 7) is 0.424. The minimum Gasteiger partial charge on any atom is -0.488 e. The van der Waals surface area contributed by atoms with Crippen LogP contribution in [0.1, 0.15) is 21.7 Å². The van der Waals surface area contributed by atoms with E-state index in [1.54, 1.807) is 36.6 Å². The van der Waals surface area contributed by atoms with Gasteiger partial charge in [-0.1, -0.05) is 42.5 Å². The molecule has 0 unspecified atom stereocenters. The summed E-state index contributed by atoms with van der Waals surface area (Å²) in [5, 5.41) is 0. The van der Waals surface area contributed by atoms with Crippen LogP contribution in [0.3, 0.4) is 0 Å². The van der Waals surface area contributed by atoms with Crippen molar-refractivity contribution in [1.29, 1.82) is 0 Å². The number of allylic oxidation sites excluding steroid dienone is 1. The number of rotatable bonds is 6. The summed E-state index contributed by atoms with van der Waals surface area (Å²) in [4.78, 5) is 12.4. The molecule has 0 saturated heterocycles. The van der Waals surface area contributed by atoms with Crippen LogP contribution < -0.4 is 4.74 Å². The lowest BCUT2D eigenvalue weighted by Gasteiger charge is -2.09. The highest BCUT2D eigenvalue weighted by Gasteiger charge is 2.09. The molecule has 3 rings (SSSR count). The molecule has 2 aromatic carbocycles. The van der Waals surface area contributed by atoms with Gasteiger partial charge in [-0.05, 0) is 42.0 Å². The minimum absolute atomic E-state index is 0.120. The van der Waals surface area contributed by atoms with Crippen molar-refractivity contribution in [2.24, 2.45) is 0 Å². The van der Waals surface area contributed by atoms with E-state index >= 15 is 0 Å². The predicted octanol–water partition coefficient (Wildman–Crippen LogP) is 4.75. The fourth-order valence-corrected chi connectivity index (χ4v) is 2.17. The Morgan fingerprint density at radius 2 is 1.74 bits per heavy atom. The Bertz CT molecular complexity index is 787. The molecule has 1 heterocycles. The van der Waals surface area contributed by atoms with Crippen LogP contribution >= 0.6 is 0 Å². The lowest BCUT2D eigenvalue weighted by atomic mass is 10.1. The average Bonchev–Trinajstić information content (AvgIpc) is 3.12. The standard InChI is InChI=1S/C20H16O3/c21-19(13-12-17-9-6-14-22-17)18-10-4-5-11-20(18)23-15-16-7-2-1-3-8-16/h1-14H,15H2/b13-12+. The Morgan fingerprint density at radius 1 is 0.957 bits per heavy atom. The first-order valence-electron chi connectivity index (χ1n) is 7.34. The molecule has 0 aliphatic carbocycles. The van der Waals surface area contributed by atoms with Gasteiger partial charge in [0.2, 0.25) is 0 Å². The number of para-hydroxylation sites is 1. The summed E-state index contributed by atoms with van der Waals surface area (Å²) in [7, 11) is 0. The largest absolute Gasteiger partial charge is 0.488 e. The van der Waals surface area contributed by atoms with Crippen molar-refractivity contribution in [2.75, 3.05) is 0 Å². The predicted molar refractivity (Wildman–Crippen MR) is 89.3 cm³/mol. The number of hydrogen-bond donors (Lipinski definition) is 0. The molecule has 3 nitrogen and oxygen atoms in total. The van der Waals surface area contributed by atoms with Gasteiger partial charge in [0.25, 0.3) is 0 Å². The van der Waals surface area contributed by atoms with E-state index < -0.39 is 0 Å². The Labute approximate surface area is 134 Å². The first-order chi connectivity index (χ1) is 11.3. The monoisotopic (exact) mass is 304 g/mol. The molecule has 0 spiro atoms. The van der Waals surface area contributed by atoms with Crippen LogP contribution in [0.15, 0.2) is 83.5 Å². The van der Waals surface area contributed by atoms with Gasteiger partial charge in [-0.25, -0.2) is 0 Å². The van der Waals surface area contributed by atoms with Gasteiger partial charge in [-0.3, -0.25) is 4.79 Å². The lowest BCUT2D eigenvalue weighted by molar-refractivity contribution is 0.104. The van der Waals surface area contributed by atoms with Crippen molar-refractivity contribution in [3.8, 4) is 5.75 Å². The quantitative estimate of drug-likeness (QED) is 0.487. The number of benzene rings is 2. The average molecular weight is 304 g/mol. The smallest absolute Gasteiger partial charge is 0.189 e. The van der Waals surface area contributed by atoms with Crippen molar-refractivity contribution < 1.29 is 13.9 Å². The van der Waals surface area contributed by atoms with Crippen LogP contribution in [-0.2, 0) is 6.61 Å². The molecule has 0 N–H and O–H groups in total. The maximum absolute atomic E-state index is 12.4. The number of carbonyl (C=O) groups excluding carboxylic acids is 1. The van der Waals surface area contributed by atoms with Crippen LogP contribution in [0.2, 0.25) is 0 Å². The van der Waals surface area contributed by atoms with E-state index in [-0.39, 0.29) is 5.78 Å². The van der Waals surface area contributed by atoms with Gasteiger partial charge < -0.3 is 9.15 Å². The highest BCUT2D eigenvalue weighted by Crippen LogP contribution is 2.20. The molecule has 0 fully saturated rings. The molecule has 0 saturated carbocycles. The third-order valence-corrected chi connectivity index (χ3v) is 3.33. The van der Waals surface area contributed by atoms with Crippen molar-refractivity contribution in [2.45, 2.75) is 6.61 Å². The maximum atomic E-state index is 12.4. The zero-order valence-corrected chi connectivity index (χ0v) is 12.5. The molecule has 3 heteroatoms. The fraction of sp³-hybridized carbons (Fsp3) is 0.0500. The summed E-state index contributed by atoms with van der Waals surface area (Å²) < 4.78 is 11.0. The van der Waals surface area contributed by atoms with Gasteiger partial charge in [-0.2, -0.15) is 0 Å². The maximum Gasteiger partial charge on any atom is 0.189 e. The fourth-order valence-electron chi connectivity index (χ4n) is 2.17. The molecule has 3 aromatic rings. The SMILES string of the molecule is O=C(/C=C/c1ccco1)c1ccccc1OCc1ccccc1. The topological polar surface area (TPSA) is 39.4 Å². The first kappa shape index (κ1) is 14.9. The Hall–Kier alpha value is -3.07. The van der Waals surface area contributed by atoms with Crippen LogP contribution in [0.25, 0.3) is 6.08 Å². The number of hydrogen-bond acceptors (Lipinski definition) is 3. The molecule has 0 radical (unpaired) electrons. The normalized spacial score (nSPS) is 10.8. The third kappa shape index (κ3) is 3.98. The second-order valence-corrected chi connectivity index (χ2v) is 4.98. The van der Waals surface area contributed by atoms with E-state index in [1.165, 1.54) is 6.08 Å². The summed E-state index contributed by atoms with van der Waals surface area (Å²) >= 11 is 0. The summed E-state index contributed by atoms with van der Waals surface area (Å²) in [5.74, 6) is 1.09. The molecule has 23 heavy (non-hydrogen) atoms. The third-order valence-electron chi connectivity index (χ3n) is 3.33. The van der Waals surface area contributed by atoms with Crippen LogP contribution in [0.5, 0.6) is 5.75 Å². The van der Waals surface area contributed by atoms with Gasteiger partial charge in [-0.15, -0.1) is 0 Å². The van der Waals surface area contributed by atoms with Crippen LogP contribution in [0.4, 0.5) is 0 Å². The van der Waals surface area contributed by atoms with Crippen molar-refractivity contribution in [3.05, 3.63) is 96.0 Å². The van der Waals surface area contributed by atoms with Crippen molar-refractivity contribution in [1.82, 2.24) is 0 Å². The summed E-state index contributed by atoms with van der Waals surface area (Å²) in [6, 6.07) is 20.7. The summed E-state index contributed by atoms with van der Waals surface area (Å²) in [5.41, 5.74) is 1.59. The second-order valence-electron chi connectivity index (χ2n) is 4.98. The van der Waals surface area contributed by atoms with E-state index in [0.717, 1.165) is 5.56 Å². The summed E-state index contributed by atoms with van der Waals surface area (Å²) in [6.07, 6.45) is 4.71. The second kappa shape index (κ2) is 7.27. The molecule has 1 aromatic heterocycles. The minimum atomic E-state index is -0.120. The molecule has 0 aliphatic rings. The number of ether oxygens (including phenoxy) is 1. The molecule has 0 amide bonds. The van der Waals surface area contributed by atoms with E-state index in [2.05, 4.69) is 0 Å². The Morgan fingerprint density at radius 3 is 2.52 bits per heavy atom. The molecular formula is C20H16O3. The van der Waals surface area contributed by atoms with Gasteiger partial charge in [0, 0.05) is 0 Å².